The lowest BCUT2D eigenvalue weighted by atomic mass is 9.96. The number of nitrogens with one attached hydrogen (secondary N) is 1. The number of carbonyl (C=O) groups excluding carboxylic acids is 1. The molecule has 1 N–H and O–H groups in total. The number of nitrogens with zero attached hydrogens (tertiary/aromatic N) is 1. The average molecular weight is 503 g/mol. The molecule has 182 valence electrons. The van der Waals surface area contributed by atoms with Crippen LogP contribution in [0.4, 0.5) is 4.39 Å². The summed E-state index contributed by atoms with van der Waals surface area (Å²) in [5.41, 5.74) is 2.55. The maximum absolute atomic E-state index is 15.2. The normalized spacial score (nSPS) is 16.9. The number of aryl methyl sites for hydroxylation is 1. The van der Waals surface area contributed by atoms with Crippen LogP contribution in [0.25, 0.3) is 10.9 Å². The fourth-order valence-electron chi connectivity index (χ4n) is 4.25. The van der Waals surface area contributed by atoms with E-state index in [0.717, 1.165) is 52.4 Å². The minimum absolute atomic E-state index is 0.101. The van der Waals surface area contributed by atoms with Gasteiger partial charge in [0.25, 0.3) is 0 Å². The number of carbonyl (C=O) groups is 1. The van der Waals surface area contributed by atoms with Crippen LogP contribution in [0.2, 0.25) is 0 Å². The van der Waals surface area contributed by atoms with Gasteiger partial charge in [0.15, 0.2) is 0 Å². The van der Waals surface area contributed by atoms with E-state index < -0.39 is 6.17 Å². The molecule has 1 unspecified atom stereocenters. The highest BCUT2D eigenvalue weighted by molar-refractivity contribution is 8.01. The lowest BCUT2D eigenvalue weighted by Crippen LogP contribution is -2.31. The van der Waals surface area contributed by atoms with Crippen molar-refractivity contribution in [3.63, 3.8) is 0 Å². The minimum atomic E-state index is -1.08. The van der Waals surface area contributed by atoms with Crippen LogP contribution in [0.15, 0.2) is 46.1 Å². The number of methoxy groups -OCH3 is 1. The summed E-state index contributed by atoms with van der Waals surface area (Å²) in [5, 5.41) is 6.21. The van der Waals surface area contributed by atoms with Crippen LogP contribution in [0.5, 0.6) is 5.75 Å². The average Bonchev–Trinajstić information content (AvgIpc) is 3.33. The number of alkyl halides is 1. The summed E-state index contributed by atoms with van der Waals surface area (Å²) >= 11 is 3.34. The van der Waals surface area contributed by atoms with Crippen LogP contribution >= 0.6 is 23.1 Å². The molecule has 1 aliphatic rings. The summed E-state index contributed by atoms with van der Waals surface area (Å²) in [7, 11) is 1.61. The molecule has 2 atom stereocenters. The van der Waals surface area contributed by atoms with Gasteiger partial charge in [-0.2, -0.15) is 0 Å². The highest BCUT2D eigenvalue weighted by Crippen LogP contribution is 2.33. The molecule has 1 aliphatic heterocycles. The molecule has 0 aliphatic carbocycles. The Bertz CT molecular complexity index is 1080. The quantitative estimate of drug-likeness (QED) is 0.198. The highest BCUT2D eigenvalue weighted by atomic mass is 32.2. The van der Waals surface area contributed by atoms with E-state index in [1.165, 1.54) is 0 Å². The van der Waals surface area contributed by atoms with E-state index in [1.54, 1.807) is 42.5 Å². The van der Waals surface area contributed by atoms with Crippen LogP contribution in [0.3, 0.4) is 0 Å². The second-order valence-electron chi connectivity index (χ2n) is 8.55. The van der Waals surface area contributed by atoms with Gasteiger partial charge in [0.05, 0.1) is 16.8 Å². The monoisotopic (exact) mass is 502 g/mol. The van der Waals surface area contributed by atoms with E-state index in [4.69, 9.17) is 9.47 Å². The first-order valence-corrected chi connectivity index (χ1v) is 13.6. The molecular formula is C26H31FN2O3S2. The topological polar surface area (TPSA) is 60.5 Å². The van der Waals surface area contributed by atoms with Gasteiger partial charge in [-0.1, -0.05) is 0 Å². The van der Waals surface area contributed by atoms with E-state index in [1.807, 2.05) is 18.2 Å². The van der Waals surface area contributed by atoms with Crippen LogP contribution < -0.4 is 10.1 Å². The van der Waals surface area contributed by atoms with Crippen LogP contribution in [0, 0.1) is 5.92 Å². The fraction of sp³-hybridized carbons (Fsp3) is 0.462. The van der Waals surface area contributed by atoms with Gasteiger partial charge < -0.3 is 14.8 Å². The number of thioether (sulfide) groups is 1. The number of benzene rings is 1. The molecule has 0 bridgehead atoms. The van der Waals surface area contributed by atoms with E-state index in [0.29, 0.717) is 43.1 Å². The van der Waals surface area contributed by atoms with Crippen molar-refractivity contribution in [2.45, 2.75) is 42.5 Å². The SMILES string of the molecule is COc1ccc2nccc(C(F)CCc3csc(SCCOC(=O)C[C@H]4CCCNC4)c3)c2c1. The Hall–Kier alpha value is -2.16. The number of halogens is 1. The van der Waals surface area contributed by atoms with Crippen LogP contribution in [-0.2, 0) is 16.0 Å². The van der Waals surface area contributed by atoms with E-state index >= 15 is 4.39 Å². The van der Waals surface area contributed by atoms with E-state index in [-0.39, 0.29) is 5.97 Å². The summed E-state index contributed by atoms with van der Waals surface area (Å²) in [5.74, 6) is 1.73. The maximum Gasteiger partial charge on any atom is 0.306 e. The van der Waals surface area contributed by atoms with Crippen LogP contribution in [-0.4, -0.2) is 43.5 Å². The number of pyridine rings is 1. The number of rotatable bonds is 11. The van der Waals surface area contributed by atoms with Crippen molar-refractivity contribution >= 4 is 40.0 Å². The number of ether oxygens (including phenoxy) is 2. The number of fused-ring (bicyclic) bond motifs is 1. The predicted molar refractivity (Wildman–Crippen MR) is 137 cm³/mol. The first kappa shape index (κ1) is 24.9. The van der Waals surface area contributed by atoms with Crippen molar-refractivity contribution < 1.29 is 18.7 Å². The molecule has 0 radical (unpaired) electrons. The number of hydrogen-bond donors (Lipinski definition) is 1. The number of hydrogen-bond acceptors (Lipinski definition) is 7. The number of piperidine rings is 1. The van der Waals surface area contributed by atoms with Gasteiger partial charge in [-0.25, -0.2) is 4.39 Å². The number of aromatic nitrogens is 1. The molecule has 3 heterocycles. The molecule has 1 saturated heterocycles. The van der Waals surface area contributed by atoms with E-state index in [2.05, 4.69) is 21.7 Å². The second kappa shape index (κ2) is 12.5. The number of esters is 1. The highest BCUT2D eigenvalue weighted by Gasteiger charge is 2.18. The molecule has 5 nitrogen and oxygen atoms in total. The summed E-state index contributed by atoms with van der Waals surface area (Å²) in [6.45, 7) is 2.38. The molecule has 34 heavy (non-hydrogen) atoms. The Morgan fingerprint density at radius 1 is 1.35 bits per heavy atom. The Balaban J connectivity index is 1.21. The third-order valence-electron chi connectivity index (χ3n) is 6.08. The molecule has 0 saturated carbocycles. The first-order valence-electron chi connectivity index (χ1n) is 11.8. The largest absolute Gasteiger partial charge is 0.497 e. The van der Waals surface area contributed by atoms with Gasteiger partial charge in [0, 0.05) is 23.8 Å². The molecular weight excluding hydrogens is 471 g/mol. The summed E-state index contributed by atoms with van der Waals surface area (Å²) < 4.78 is 27.0. The lowest BCUT2D eigenvalue weighted by molar-refractivity contribution is -0.144. The van der Waals surface area contributed by atoms with Gasteiger partial charge in [-0.15, -0.1) is 23.1 Å². The molecule has 4 rings (SSSR count). The van der Waals surface area contributed by atoms with Gasteiger partial charge >= 0.3 is 5.97 Å². The van der Waals surface area contributed by atoms with Crippen molar-refractivity contribution in [3.05, 3.63) is 53.0 Å². The summed E-state index contributed by atoms with van der Waals surface area (Å²) in [6.07, 6.45) is 4.39. The minimum Gasteiger partial charge on any atom is -0.497 e. The zero-order valence-corrected chi connectivity index (χ0v) is 21.1. The predicted octanol–water partition coefficient (Wildman–Crippen LogP) is 5.97. The van der Waals surface area contributed by atoms with Crippen molar-refractivity contribution in [1.82, 2.24) is 10.3 Å². The Morgan fingerprint density at radius 3 is 3.09 bits per heavy atom. The standard InChI is InChI=1S/C26H31FN2O3S2/c1-31-20-5-7-24-22(15-20)21(8-10-29-24)23(27)6-4-19-14-26(34-17-19)33-12-11-32-25(30)13-18-3-2-9-28-16-18/h5,7-8,10,14-15,17-18,23,28H,2-4,6,9,11-13,16H2,1H3/t18-,23?/m1/s1. The molecule has 0 amide bonds. The maximum atomic E-state index is 15.2. The van der Waals surface area contributed by atoms with Gasteiger partial charge in [-0.3, -0.25) is 9.78 Å². The third-order valence-corrected chi connectivity index (χ3v) is 8.27. The van der Waals surface area contributed by atoms with Gasteiger partial charge in [-0.05, 0) is 91.5 Å². The summed E-state index contributed by atoms with van der Waals surface area (Å²) in [4.78, 5) is 16.3. The second-order valence-corrected chi connectivity index (χ2v) is 10.9. The molecule has 1 fully saturated rings. The smallest absolute Gasteiger partial charge is 0.306 e. The van der Waals surface area contributed by atoms with Crippen molar-refractivity contribution in [1.29, 1.82) is 0 Å². The van der Waals surface area contributed by atoms with Crippen molar-refractivity contribution in [3.8, 4) is 5.75 Å². The Morgan fingerprint density at radius 2 is 2.26 bits per heavy atom. The van der Waals surface area contributed by atoms with Crippen molar-refractivity contribution in [2.24, 2.45) is 5.92 Å². The molecule has 1 aromatic carbocycles. The summed E-state index contributed by atoms with van der Waals surface area (Å²) in [6, 6.07) is 9.42. The molecule has 2 aromatic heterocycles. The number of thiophene rings is 1. The zero-order valence-electron chi connectivity index (χ0n) is 19.4. The Kier molecular flexibility index (Phi) is 9.18. The fourth-order valence-corrected chi connectivity index (χ4v) is 6.19. The lowest BCUT2D eigenvalue weighted by Gasteiger charge is -2.21. The first-order chi connectivity index (χ1) is 16.6. The molecule has 3 aromatic rings. The van der Waals surface area contributed by atoms with Crippen LogP contribution in [0.1, 0.15) is 43.0 Å². The van der Waals surface area contributed by atoms with Gasteiger partial charge in [0.1, 0.15) is 18.5 Å². The molecule has 8 heteroatoms. The van der Waals surface area contributed by atoms with Gasteiger partial charge in [0.2, 0.25) is 0 Å². The van der Waals surface area contributed by atoms with Crippen molar-refractivity contribution in [2.75, 3.05) is 32.6 Å². The Labute approximate surface area is 208 Å². The third kappa shape index (κ3) is 6.93. The van der Waals surface area contributed by atoms with E-state index in [9.17, 15) is 4.79 Å². The zero-order chi connectivity index (χ0) is 23.8. The molecule has 0 spiro atoms.